The topological polar surface area (TPSA) is 71.4 Å². The van der Waals surface area contributed by atoms with Gasteiger partial charge < -0.3 is 5.11 Å². The molecule has 1 aromatic rings. The Morgan fingerprint density at radius 1 is 1.22 bits per heavy atom. The average molecular weight is 280 g/mol. The minimum Gasteiger partial charge on any atom is -0.478 e. The quantitative estimate of drug-likeness (QED) is 0.860. The first-order chi connectivity index (χ1) is 8.14. The van der Waals surface area contributed by atoms with Crippen molar-refractivity contribution in [2.24, 2.45) is 0 Å². The predicted octanol–water partition coefficient (Wildman–Crippen LogP) is 2.08. The van der Waals surface area contributed by atoms with Gasteiger partial charge in [-0.3, -0.25) is 0 Å². The predicted molar refractivity (Wildman–Crippen MR) is 55.4 cm³/mol. The third-order valence-electron chi connectivity index (χ3n) is 1.89. The van der Waals surface area contributed by atoms with Crippen LogP contribution in [0.3, 0.4) is 0 Å². The van der Waals surface area contributed by atoms with Crippen molar-refractivity contribution in [3.63, 3.8) is 0 Å². The highest BCUT2D eigenvalue weighted by Gasteiger charge is 2.36. The fourth-order valence-corrected chi connectivity index (χ4v) is 2.37. The Labute approximate surface area is 100 Å². The fourth-order valence-electron chi connectivity index (χ4n) is 1.17. The Morgan fingerprint density at radius 2 is 1.78 bits per heavy atom. The van der Waals surface area contributed by atoms with Gasteiger partial charge in [-0.1, -0.05) is 12.1 Å². The van der Waals surface area contributed by atoms with Crippen LogP contribution in [0, 0.1) is 0 Å². The zero-order valence-corrected chi connectivity index (χ0v) is 9.49. The van der Waals surface area contributed by atoms with Gasteiger partial charge in [-0.2, -0.15) is 13.2 Å². The molecule has 0 fully saturated rings. The Bertz CT molecular complexity index is 587. The number of halogens is 3. The van der Waals surface area contributed by atoms with Crippen molar-refractivity contribution in [1.29, 1.82) is 0 Å². The van der Waals surface area contributed by atoms with Gasteiger partial charge in [0.1, 0.15) is 0 Å². The maximum Gasteiger partial charge on any atom is 0.417 e. The lowest BCUT2D eigenvalue weighted by Gasteiger charge is -2.10. The van der Waals surface area contributed by atoms with Gasteiger partial charge in [0.2, 0.25) is 9.84 Å². The summed E-state index contributed by atoms with van der Waals surface area (Å²) in [4.78, 5) is 9.21. The monoisotopic (exact) mass is 280 g/mol. The summed E-state index contributed by atoms with van der Waals surface area (Å²) in [6.07, 6.45) is -4.57. The molecule has 0 aliphatic rings. The normalized spacial score (nSPS) is 12.8. The second kappa shape index (κ2) is 4.81. The molecule has 0 aliphatic carbocycles. The number of hydrogen-bond acceptors (Lipinski definition) is 3. The van der Waals surface area contributed by atoms with E-state index in [2.05, 4.69) is 0 Å². The highest BCUT2D eigenvalue weighted by atomic mass is 32.2. The number of alkyl halides is 3. The van der Waals surface area contributed by atoms with E-state index in [9.17, 15) is 26.4 Å². The number of aliphatic carboxylic acids is 1. The number of hydrogen-bond donors (Lipinski definition) is 1. The smallest absolute Gasteiger partial charge is 0.417 e. The third kappa shape index (κ3) is 3.33. The van der Waals surface area contributed by atoms with Gasteiger partial charge in [-0.25, -0.2) is 13.2 Å². The van der Waals surface area contributed by atoms with Gasteiger partial charge in [0.05, 0.1) is 10.5 Å². The standard InChI is InChI=1S/C10H7F3O4S/c11-10(12,13)7-3-1-2-4-8(7)18(16,17)6-5-9(14)15/h1-6H,(H,14,15)/b6-5+. The number of benzene rings is 1. The van der Waals surface area contributed by atoms with E-state index in [4.69, 9.17) is 5.11 Å². The van der Waals surface area contributed by atoms with Gasteiger partial charge in [-0.15, -0.1) is 0 Å². The first-order valence-electron chi connectivity index (χ1n) is 4.47. The molecule has 0 bridgehead atoms. The summed E-state index contributed by atoms with van der Waals surface area (Å²) in [5, 5.41) is 8.50. The van der Waals surface area contributed by atoms with Crippen LogP contribution in [0.1, 0.15) is 5.56 Å². The van der Waals surface area contributed by atoms with Gasteiger partial charge >= 0.3 is 12.1 Å². The number of carboxylic acids is 1. The molecule has 1 N–H and O–H groups in total. The van der Waals surface area contributed by atoms with E-state index >= 15 is 0 Å². The van der Waals surface area contributed by atoms with Crippen molar-refractivity contribution in [2.45, 2.75) is 11.1 Å². The summed E-state index contributed by atoms with van der Waals surface area (Å²) in [5.41, 5.74) is -1.33. The lowest BCUT2D eigenvalue weighted by atomic mass is 10.2. The van der Waals surface area contributed by atoms with Crippen LogP contribution in [0.15, 0.2) is 40.6 Å². The Morgan fingerprint density at radius 3 is 2.28 bits per heavy atom. The summed E-state index contributed by atoms with van der Waals surface area (Å²) >= 11 is 0. The second-order valence-electron chi connectivity index (χ2n) is 3.18. The lowest BCUT2D eigenvalue weighted by Crippen LogP contribution is -2.12. The van der Waals surface area contributed by atoms with Crippen molar-refractivity contribution >= 4 is 15.8 Å². The van der Waals surface area contributed by atoms with E-state index in [-0.39, 0.29) is 11.5 Å². The van der Waals surface area contributed by atoms with Crippen LogP contribution in [0.4, 0.5) is 13.2 Å². The summed E-state index contributed by atoms with van der Waals surface area (Å²) in [5.74, 6) is -1.57. The second-order valence-corrected chi connectivity index (χ2v) is 4.98. The summed E-state index contributed by atoms with van der Waals surface area (Å²) in [7, 11) is -4.45. The van der Waals surface area contributed by atoms with E-state index in [0.29, 0.717) is 6.07 Å². The largest absolute Gasteiger partial charge is 0.478 e. The third-order valence-corrected chi connectivity index (χ3v) is 3.35. The van der Waals surface area contributed by atoms with E-state index in [1.165, 1.54) is 0 Å². The van der Waals surface area contributed by atoms with Crippen molar-refractivity contribution in [3.8, 4) is 0 Å². The van der Waals surface area contributed by atoms with Crippen LogP contribution in [-0.2, 0) is 20.8 Å². The fraction of sp³-hybridized carbons (Fsp3) is 0.100. The molecule has 0 atom stereocenters. The molecule has 4 nitrogen and oxygen atoms in total. The van der Waals surface area contributed by atoms with Crippen molar-refractivity contribution in [1.82, 2.24) is 0 Å². The first kappa shape index (κ1) is 14.2. The summed E-state index contributed by atoms with van der Waals surface area (Å²) in [6.45, 7) is 0. The first-order valence-corrected chi connectivity index (χ1v) is 6.01. The molecule has 8 heteroatoms. The summed E-state index contributed by atoms with van der Waals surface area (Å²) < 4.78 is 60.8. The highest BCUT2D eigenvalue weighted by molar-refractivity contribution is 7.94. The number of carboxylic acid groups (broad SMARTS) is 1. The molecule has 18 heavy (non-hydrogen) atoms. The molecular formula is C10H7F3O4S. The minimum atomic E-state index is -4.83. The molecule has 0 aliphatic heterocycles. The SMILES string of the molecule is O=C(O)/C=C/S(=O)(=O)c1ccccc1C(F)(F)F. The molecule has 98 valence electrons. The zero-order chi connectivity index (χ0) is 14.0. The highest BCUT2D eigenvalue weighted by Crippen LogP contribution is 2.34. The van der Waals surface area contributed by atoms with Crippen molar-refractivity contribution < 1.29 is 31.5 Å². The number of sulfone groups is 1. The van der Waals surface area contributed by atoms with E-state index in [0.717, 1.165) is 18.2 Å². The van der Waals surface area contributed by atoms with Crippen LogP contribution in [0.5, 0.6) is 0 Å². The molecule has 0 amide bonds. The molecule has 0 radical (unpaired) electrons. The van der Waals surface area contributed by atoms with Crippen molar-refractivity contribution in [2.75, 3.05) is 0 Å². The van der Waals surface area contributed by atoms with Crippen molar-refractivity contribution in [3.05, 3.63) is 41.3 Å². The maximum atomic E-state index is 12.6. The number of carbonyl (C=O) groups is 1. The van der Waals surface area contributed by atoms with Gasteiger partial charge in [0.25, 0.3) is 0 Å². The van der Waals surface area contributed by atoms with Crippen LogP contribution in [0.25, 0.3) is 0 Å². The van der Waals surface area contributed by atoms with Gasteiger partial charge in [-0.05, 0) is 12.1 Å². The number of rotatable bonds is 3. The molecule has 0 aromatic heterocycles. The lowest BCUT2D eigenvalue weighted by molar-refractivity contribution is -0.139. The van der Waals surface area contributed by atoms with E-state index in [1.54, 1.807) is 0 Å². The van der Waals surface area contributed by atoms with Gasteiger partial charge in [0, 0.05) is 11.5 Å². The van der Waals surface area contributed by atoms with Crippen LogP contribution < -0.4 is 0 Å². The van der Waals surface area contributed by atoms with Gasteiger partial charge in [0.15, 0.2) is 0 Å². The minimum absolute atomic E-state index is 0.222. The average Bonchev–Trinajstić information content (AvgIpc) is 2.25. The van der Waals surface area contributed by atoms with Crippen LogP contribution in [0.2, 0.25) is 0 Å². The Hall–Kier alpha value is -1.83. The Kier molecular flexibility index (Phi) is 3.80. The molecule has 1 rings (SSSR count). The van der Waals surface area contributed by atoms with Crippen LogP contribution >= 0.6 is 0 Å². The molecule has 1 aromatic carbocycles. The molecular weight excluding hydrogens is 273 g/mol. The zero-order valence-electron chi connectivity index (χ0n) is 8.68. The summed E-state index contributed by atoms with van der Waals surface area (Å²) in [6, 6.07) is 3.55. The van der Waals surface area contributed by atoms with E-state index < -0.39 is 32.4 Å². The molecule has 0 saturated heterocycles. The molecule has 0 unspecified atom stereocenters. The molecule has 0 spiro atoms. The maximum absolute atomic E-state index is 12.6. The van der Waals surface area contributed by atoms with Crippen LogP contribution in [-0.4, -0.2) is 19.5 Å². The molecule has 0 heterocycles. The Balaban J connectivity index is 3.39. The molecule has 0 saturated carbocycles. The van der Waals surface area contributed by atoms with E-state index in [1.807, 2.05) is 0 Å².